The molecule has 0 aromatic rings. The van der Waals surface area contributed by atoms with E-state index in [1.54, 1.807) is 0 Å². The Balaban J connectivity index is 1.90. The minimum atomic E-state index is -0.483. The molecule has 1 saturated heterocycles. The van der Waals surface area contributed by atoms with Crippen LogP contribution in [0, 0.1) is 5.92 Å². The van der Waals surface area contributed by atoms with Crippen LogP contribution in [0.25, 0.3) is 0 Å². The van der Waals surface area contributed by atoms with Gasteiger partial charge in [-0.05, 0) is 31.7 Å². The van der Waals surface area contributed by atoms with E-state index in [2.05, 4.69) is 12.2 Å². The largest absolute Gasteiger partial charge is 0.388 e. The van der Waals surface area contributed by atoms with Gasteiger partial charge in [-0.1, -0.05) is 13.3 Å². The van der Waals surface area contributed by atoms with Gasteiger partial charge in [-0.15, -0.1) is 0 Å². The summed E-state index contributed by atoms with van der Waals surface area (Å²) in [5.41, 5.74) is 0. The molecule has 17 heavy (non-hydrogen) atoms. The van der Waals surface area contributed by atoms with Crippen molar-refractivity contribution in [2.75, 3.05) is 39.5 Å². The fourth-order valence-corrected chi connectivity index (χ4v) is 1.95. The van der Waals surface area contributed by atoms with Crippen molar-refractivity contribution >= 4 is 0 Å². The van der Waals surface area contributed by atoms with Gasteiger partial charge in [0.05, 0.1) is 19.8 Å². The standard InChI is InChI=1S/C13H27NO3/c1-2-3-7-16-10-13(15)11-17-9-12-5-4-6-14-8-12/h12-15H,2-11H2,1H3. The van der Waals surface area contributed by atoms with E-state index in [0.717, 1.165) is 39.1 Å². The number of nitrogens with one attached hydrogen (secondary N) is 1. The summed E-state index contributed by atoms with van der Waals surface area (Å²) in [5.74, 6) is 0.608. The number of hydrogen-bond donors (Lipinski definition) is 2. The summed E-state index contributed by atoms with van der Waals surface area (Å²) >= 11 is 0. The molecule has 0 saturated carbocycles. The molecule has 0 aromatic heterocycles. The van der Waals surface area contributed by atoms with Crippen LogP contribution in [0.2, 0.25) is 0 Å². The SMILES string of the molecule is CCCCOCC(O)COCC1CCCNC1. The quantitative estimate of drug-likeness (QED) is 0.599. The van der Waals surface area contributed by atoms with Crippen LogP contribution in [0.5, 0.6) is 0 Å². The van der Waals surface area contributed by atoms with Gasteiger partial charge in [-0.3, -0.25) is 0 Å². The van der Waals surface area contributed by atoms with Gasteiger partial charge in [0, 0.05) is 13.2 Å². The molecule has 1 aliphatic rings. The molecule has 4 nitrogen and oxygen atoms in total. The van der Waals surface area contributed by atoms with E-state index >= 15 is 0 Å². The van der Waals surface area contributed by atoms with Crippen LogP contribution >= 0.6 is 0 Å². The Labute approximate surface area is 105 Å². The van der Waals surface area contributed by atoms with Crippen molar-refractivity contribution in [2.24, 2.45) is 5.92 Å². The zero-order valence-electron chi connectivity index (χ0n) is 11.0. The number of unbranched alkanes of at least 4 members (excludes halogenated alkanes) is 1. The summed E-state index contributed by atoms with van der Waals surface area (Å²) < 4.78 is 10.9. The van der Waals surface area contributed by atoms with Gasteiger partial charge in [0.1, 0.15) is 6.10 Å². The van der Waals surface area contributed by atoms with Crippen LogP contribution in [0.15, 0.2) is 0 Å². The molecule has 0 aromatic carbocycles. The van der Waals surface area contributed by atoms with Crippen molar-refractivity contribution in [3.05, 3.63) is 0 Å². The van der Waals surface area contributed by atoms with Crippen LogP contribution in [0.3, 0.4) is 0 Å². The number of aliphatic hydroxyl groups is 1. The zero-order chi connectivity index (χ0) is 12.3. The van der Waals surface area contributed by atoms with Gasteiger partial charge in [-0.2, -0.15) is 0 Å². The monoisotopic (exact) mass is 245 g/mol. The minimum absolute atomic E-state index is 0.391. The maximum Gasteiger partial charge on any atom is 0.101 e. The average molecular weight is 245 g/mol. The molecule has 4 heteroatoms. The van der Waals surface area contributed by atoms with Crippen LogP contribution in [0.4, 0.5) is 0 Å². The highest BCUT2D eigenvalue weighted by Crippen LogP contribution is 2.10. The molecule has 0 aliphatic carbocycles. The summed E-state index contributed by atoms with van der Waals surface area (Å²) in [6, 6.07) is 0. The van der Waals surface area contributed by atoms with Crippen LogP contribution in [0.1, 0.15) is 32.6 Å². The summed E-state index contributed by atoms with van der Waals surface area (Å²) in [5, 5.41) is 13.0. The molecule has 0 radical (unpaired) electrons. The lowest BCUT2D eigenvalue weighted by Gasteiger charge is -2.23. The second-order valence-electron chi connectivity index (χ2n) is 4.83. The molecular weight excluding hydrogens is 218 g/mol. The van der Waals surface area contributed by atoms with Crippen LogP contribution in [-0.2, 0) is 9.47 Å². The van der Waals surface area contributed by atoms with Gasteiger partial charge < -0.3 is 19.9 Å². The van der Waals surface area contributed by atoms with Crippen molar-refractivity contribution in [3.63, 3.8) is 0 Å². The van der Waals surface area contributed by atoms with E-state index in [-0.39, 0.29) is 0 Å². The van der Waals surface area contributed by atoms with E-state index in [4.69, 9.17) is 9.47 Å². The Bertz CT molecular complexity index is 172. The molecule has 2 atom stereocenters. The van der Waals surface area contributed by atoms with Crippen molar-refractivity contribution < 1.29 is 14.6 Å². The second kappa shape index (κ2) is 9.83. The first-order valence-corrected chi connectivity index (χ1v) is 6.87. The van der Waals surface area contributed by atoms with Crippen molar-refractivity contribution in [2.45, 2.75) is 38.7 Å². The lowest BCUT2D eigenvalue weighted by atomic mass is 10.0. The fourth-order valence-electron chi connectivity index (χ4n) is 1.95. The van der Waals surface area contributed by atoms with Crippen molar-refractivity contribution in [3.8, 4) is 0 Å². The van der Waals surface area contributed by atoms with Gasteiger partial charge in [0.25, 0.3) is 0 Å². The molecule has 1 fully saturated rings. The zero-order valence-corrected chi connectivity index (χ0v) is 11.0. The molecule has 1 heterocycles. The van der Waals surface area contributed by atoms with E-state index in [1.165, 1.54) is 12.8 Å². The molecule has 0 amide bonds. The molecule has 1 aliphatic heterocycles. The molecule has 2 N–H and O–H groups in total. The predicted octanol–water partition coefficient (Wildman–Crippen LogP) is 1.18. The Kier molecular flexibility index (Phi) is 8.61. The Morgan fingerprint density at radius 3 is 2.88 bits per heavy atom. The first-order valence-electron chi connectivity index (χ1n) is 6.87. The summed E-state index contributed by atoms with van der Waals surface area (Å²) in [4.78, 5) is 0. The van der Waals surface area contributed by atoms with Gasteiger partial charge in [0.15, 0.2) is 0 Å². The number of ether oxygens (including phenoxy) is 2. The minimum Gasteiger partial charge on any atom is -0.388 e. The van der Waals surface area contributed by atoms with E-state index in [0.29, 0.717) is 19.1 Å². The Morgan fingerprint density at radius 1 is 1.35 bits per heavy atom. The summed E-state index contributed by atoms with van der Waals surface area (Å²) in [6.07, 6.45) is 4.17. The molecule has 0 spiro atoms. The maximum atomic E-state index is 9.61. The number of rotatable bonds is 9. The molecule has 102 valence electrons. The molecule has 0 bridgehead atoms. The highest BCUT2D eigenvalue weighted by molar-refractivity contribution is 4.68. The first kappa shape index (κ1) is 14.9. The summed E-state index contributed by atoms with van der Waals surface area (Å²) in [7, 11) is 0. The lowest BCUT2D eigenvalue weighted by molar-refractivity contribution is -0.0279. The highest BCUT2D eigenvalue weighted by Gasteiger charge is 2.13. The molecule has 1 rings (SSSR count). The first-order chi connectivity index (χ1) is 8.33. The third-order valence-electron chi connectivity index (χ3n) is 3.02. The van der Waals surface area contributed by atoms with Crippen molar-refractivity contribution in [1.29, 1.82) is 0 Å². The topological polar surface area (TPSA) is 50.7 Å². The average Bonchev–Trinajstić information content (AvgIpc) is 2.36. The normalized spacial score (nSPS) is 22.6. The third-order valence-corrected chi connectivity index (χ3v) is 3.02. The number of aliphatic hydroxyl groups excluding tert-OH is 1. The molecular formula is C13H27NO3. The number of piperidine rings is 1. The van der Waals surface area contributed by atoms with Crippen molar-refractivity contribution in [1.82, 2.24) is 5.32 Å². The van der Waals surface area contributed by atoms with E-state index < -0.39 is 6.10 Å². The highest BCUT2D eigenvalue weighted by atomic mass is 16.5. The van der Waals surface area contributed by atoms with Gasteiger partial charge in [0.2, 0.25) is 0 Å². The number of hydrogen-bond acceptors (Lipinski definition) is 4. The third kappa shape index (κ3) is 7.71. The fraction of sp³-hybridized carbons (Fsp3) is 1.00. The van der Waals surface area contributed by atoms with Gasteiger partial charge in [-0.25, -0.2) is 0 Å². The van der Waals surface area contributed by atoms with Gasteiger partial charge >= 0.3 is 0 Å². The van der Waals surface area contributed by atoms with Crippen LogP contribution < -0.4 is 5.32 Å². The van der Waals surface area contributed by atoms with E-state index in [9.17, 15) is 5.11 Å². The maximum absolute atomic E-state index is 9.61. The Morgan fingerprint density at radius 2 is 2.18 bits per heavy atom. The van der Waals surface area contributed by atoms with Crippen LogP contribution in [-0.4, -0.2) is 50.7 Å². The Hall–Kier alpha value is -0.160. The molecule has 2 unspecified atom stereocenters. The smallest absolute Gasteiger partial charge is 0.101 e. The van der Waals surface area contributed by atoms with E-state index in [1.807, 2.05) is 0 Å². The second-order valence-corrected chi connectivity index (χ2v) is 4.83. The lowest BCUT2D eigenvalue weighted by Crippen LogP contribution is -2.33. The summed E-state index contributed by atoms with van der Waals surface area (Å²) in [6.45, 7) is 6.57. The predicted molar refractivity (Wildman–Crippen MR) is 68.1 cm³/mol.